The summed E-state index contributed by atoms with van der Waals surface area (Å²) in [6.45, 7) is 4.65. The molecule has 3 N–H and O–H groups in total. The molecule has 1 unspecified atom stereocenters. The zero-order chi connectivity index (χ0) is 14.0. The van der Waals surface area contributed by atoms with Crippen LogP contribution < -0.4 is 11.1 Å². The molecule has 0 aliphatic rings. The molecule has 1 aromatic carbocycles. The molecule has 0 radical (unpaired) electrons. The van der Waals surface area contributed by atoms with Crippen LogP contribution in [0.2, 0.25) is 0 Å². The molecule has 0 bridgehead atoms. The molecule has 0 spiro atoms. The van der Waals surface area contributed by atoms with Gasteiger partial charge in [-0.15, -0.1) is 0 Å². The smallest absolute Gasteiger partial charge is 0.0670 e. The highest BCUT2D eigenvalue weighted by Crippen LogP contribution is 2.28. The first-order valence-electron chi connectivity index (χ1n) is 6.24. The summed E-state index contributed by atoms with van der Waals surface area (Å²) in [5.41, 5.74) is 10.4. The fourth-order valence-electron chi connectivity index (χ4n) is 2.06. The van der Waals surface area contributed by atoms with E-state index in [9.17, 15) is 0 Å². The van der Waals surface area contributed by atoms with Crippen LogP contribution in [0.1, 0.15) is 22.9 Å². The van der Waals surface area contributed by atoms with Crippen LogP contribution in [0.4, 0.5) is 5.69 Å². The van der Waals surface area contributed by atoms with Gasteiger partial charge in [0, 0.05) is 35.0 Å². The van der Waals surface area contributed by atoms with Crippen molar-refractivity contribution in [1.29, 1.82) is 0 Å². The summed E-state index contributed by atoms with van der Waals surface area (Å²) in [4.78, 5) is 0. The molecule has 1 heterocycles. The Labute approximate surface area is 122 Å². The summed E-state index contributed by atoms with van der Waals surface area (Å²) < 4.78 is 2.91. The molecule has 2 rings (SSSR count). The van der Waals surface area contributed by atoms with Gasteiger partial charge in [0.1, 0.15) is 0 Å². The van der Waals surface area contributed by atoms with Gasteiger partial charge in [-0.2, -0.15) is 5.10 Å². The lowest BCUT2D eigenvalue weighted by atomic mass is 10.1. The van der Waals surface area contributed by atoms with Gasteiger partial charge < -0.3 is 11.1 Å². The van der Waals surface area contributed by atoms with Crippen molar-refractivity contribution in [2.45, 2.75) is 19.9 Å². The summed E-state index contributed by atoms with van der Waals surface area (Å²) in [5.74, 6) is 0. The third-order valence-corrected chi connectivity index (χ3v) is 4.03. The molecule has 0 aliphatic carbocycles. The maximum absolute atomic E-state index is 5.90. The highest BCUT2D eigenvalue weighted by molar-refractivity contribution is 9.10. The number of halogens is 1. The molecular weight excluding hydrogens is 304 g/mol. The first-order chi connectivity index (χ1) is 9.02. The molecule has 0 aliphatic heterocycles. The number of nitrogens with zero attached hydrogens (tertiary/aromatic N) is 2. The molecule has 5 heteroatoms. The zero-order valence-electron chi connectivity index (χ0n) is 11.4. The van der Waals surface area contributed by atoms with Crippen molar-refractivity contribution in [3.63, 3.8) is 0 Å². The number of aromatic nitrogens is 2. The van der Waals surface area contributed by atoms with Gasteiger partial charge in [-0.3, -0.25) is 4.68 Å². The van der Waals surface area contributed by atoms with Gasteiger partial charge in [0.05, 0.1) is 12.2 Å². The Bertz CT molecular complexity index is 577. The number of aryl methyl sites for hydroxylation is 2. The lowest BCUT2D eigenvalue weighted by Gasteiger charge is -2.19. The summed E-state index contributed by atoms with van der Waals surface area (Å²) >= 11 is 3.56. The number of nitrogens with two attached hydrogens (primary N) is 1. The van der Waals surface area contributed by atoms with Crippen LogP contribution in [0.5, 0.6) is 0 Å². The minimum Gasteiger partial charge on any atom is -0.376 e. The number of hydrogen-bond donors (Lipinski definition) is 2. The van der Waals surface area contributed by atoms with Gasteiger partial charge in [0.25, 0.3) is 0 Å². The van der Waals surface area contributed by atoms with E-state index in [4.69, 9.17) is 5.73 Å². The second-order valence-corrected chi connectivity index (χ2v) is 5.58. The summed E-state index contributed by atoms with van der Waals surface area (Å²) in [6, 6.07) is 6.29. The topological polar surface area (TPSA) is 55.9 Å². The maximum atomic E-state index is 5.90. The molecule has 0 fully saturated rings. The van der Waals surface area contributed by atoms with E-state index in [1.165, 1.54) is 5.56 Å². The van der Waals surface area contributed by atoms with E-state index < -0.39 is 0 Å². The van der Waals surface area contributed by atoms with Gasteiger partial charge in [-0.1, -0.05) is 6.07 Å². The Morgan fingerprint density at radius 1 is 1.42 bits per heavy atom. The predicted octanol–water partition coefficient (Wildman–Crippen LogP) is 2.91. The lowest BCUT2D eigenvalue weighted by molar-refractivity contribution is 0.728. The van der Waals surface area contributed by atoms with E-state index in [0.717, 1.165) is 21.4 Å². The van der Waals surface area contributed by atoms with Crippen LogP contribution in [0.3, 0.4) is 0 Å². The first kappa shape index (κ1) is 14.1. The highest BCUT2D eigenvalue weighted by atomic mass is 79.9. The second kappa shape index (κ2) is 5.75. The Morgan fingerprint density at radius 2 is 2.16 bits per heavy atom. The minimum absolute atomic E-state index is 0.0619. The van der Waals surface area contributed by atoms with E-state index in [1.807, 2.05) is 24.0 Å². The normalized spacial score (nSPS) is 12.5. The lowest BCUT2D eigenvalue weighted by Crippen LogP contribution is -2.21. The average Bonchev–Trinajstić information content (AvgIpc) is 2.71. The van der Waals surface area contributed by atoms with Crippen molar-refractivity contribution in [2.24, 2.45) is 12.8 Å². The van der Waals surface area contributed by atoms with Crippen molar-refractivity contribution < 1.29 is 0 Å². The Kier molecular flexibility index (Phi) is 4.27. The van der Waals surface area contributed by atoms with E-state index in [1.54, 1.807) is 0 Å². The standard InChI is InChI=1S/C14H19BrN4/c1-9-4-5-12(15)13(6-9)18-14(7-16)11-8-17-19(3)10(11)2/h4-6,8,14,18H,7,16H2,1-3H3. The predicted molar refractivity (Wildman–Crippen MR) is 82.2 cm³/mol. The summed E-state index contributed by atoms with van der Waals surface area (Å²) in [6.07, 6.45) is 1.88. The quantitative estimate of drug-likeness (QED) is 0.910. The molecule has 19 heavy (non-hydrogen) atoms. The average molecular weight is 323 g/mol. The molecule has 0 saturated heterocycles. The van der Waals surface area contributed by atoms with Crippen molar-refractivity contribution in [3.05, 3.63) is 45.7 Å². The van der Waals surface area contributed by atoms with Crippen LogP contribution in [0.15, 0.2) is 28.9 Å². The third-order valence-electron chi connectivity index (χ3n) is 3.34. The number of anilines is 1. The van der Waals surface area contributed by atoms with Crippen LogP contribution in [0.25, 0.3) is 0 Å². The molecule has 4 nitrogen and oxygen atoms in total. The van der Waals surface area contributed by atoms with Gasteiger partial charge in [0.15, 0.2) is 0 Å². The second-order valence-electron chi connectivity index (χ2n) is 4.72. The molecular formula is C14H19BrN4. The number of hydrogen-bond acceptors (Lipinski definition) is 3. The summed E-state index contributed by atoms with van der Waals surface area (Å²) in [5, 5.41) is 7.76. The number of nitrogens with one attached hydrogen (secondary N) is 1. The molecule has 2 aromatic rings. The van der Waals surface area contributed by atoms with Crippen molar-refractivity contribution in [2.75, 3.05) is 11.9 Å². The largest absolute Gasteiger partial charge is 0.376 e. The van der Waals surface area contributed by atoms with E-state index in [-0.39, 0.29) is 6.04 Å². The minimum atomic E-state index is 0.0619. The first-order valence-corrected chi connectivity index (χ1v) is 7.03. The van der Waals surface area contributed by atoms with Gasteiger partial charge in [-0.25, -0.2) is 0 Å². The molecule has 1 aromatic heterocycles. The highest BCUT2D eigenvalue weighted by Gasteiger charge is 2.16. The van der Waals surface area contributed by atoms with Gasteiger partial charge >= 0.3 is 0 Å². The maximum Gasteiger partial charge on any atom is 0.0670 e. The van der Waals surface area contributed by atoms with Crippen LogP contribution >= 0.6 is 15.9 Å². The molecule has 1 atom stereocenters. The Morgan fingerprint density at radius 3 is 2.74 bits per heavy atom. The molecule has 0 saturated carbocycles. The van der Waals surface area contributed by atoms with Crippen LogP contribution in [0, 0.1) is 13.8 Å². The van der Waals surface area contributed by atoms with Gasteiger partial charge in [-0.05, 0) is 47.5 Å². The SMILES string of the molecule is Cc1ccc(Br)c(NC(CN)c2cnn(C)c2C)c1. The third kappa shape index (κ3) is 2.98. The van der Waals surface area contributed by atoms with Crippen molar-refractivity contribution >= 4 is 21.6 Å². The van der Waals surface area contributed by atoms with Crippen LogP contribution in [-0.2, 0) is 7.05 Å². The Balaban J connectivity index is 2.29. The monoisotopic (exact) mass is 322 g/mol. The van der Waals surface area contributed by atoms with E-state index in [2.05, 4.69) is 52.3 Å². The molecule has 0 amide bonds. The fourth-order valence-corrected chi connectivity index (χ4v) is 2.42. The van der Waals surface area contributed by atoms with E-state index in [0.29, 0.717) is 6.54 Å². The van der Waals surface area contributed by atoms with E-state index >= 15 is 0 Å². The van der Waals surface area contributed by atoms with Crippen molar-refractivity contribution in [1.82, 2.24) is 9.78 Å². The fraction of sp³-hybridized carbons (Fsp3) is 0.357. The summed E-state index contributed by atoms with van der Waals surface area (Å²) in [7, 11) is 1.94. The van der Waals surface area contributed by atoms with Crippen molar-refractivity contribution in [3.8, 4) is 0 Å². The van der Waals surface area contributed by atoms with Crippen LogP contribution in [-0.4, -0.2) is 16.3 Å². The van der Waals surface area contributed by atoms with Gasteiger partial charge in [0.2, 0.25) is 0 Å². The number of rotatable bonds is 4. The zero-order valence-corrected chi connectivity index (χ0v) is 13.0. The number of benzene rings is 1. The Hall–Kier alpha value is -1.33. The molecule has 102 valence electrons.